The lowest BCUT2D eigenvalue weighted by molar-refractivity contribution is 0.1000. The molecule has 1 aromatic heterocycles. The minimum atomic E-state index is -0.697. The lowest BCUT2D eigenvalue weighted by Gasteiger charge is -2.14. The highest BCUT2D eigenvalue weighted by atomic mass is 16.5. The van der Waals surface area contributed by atoms with Crippen LogP contribution in [-0.2, 0) is 6.42 Å². The van der Waals surface area contributed by atoms with Crippen molar-refractivity contribution in [2.45, 2.75) is 12.5 Å². The monoisotopic (exact) mass is 462 g/mol. The normalized spacial score (nSPS) is 11.9. The van der Waals surface area contributed by atoms with Gasteiger partial charge in [0.05, 0.1) is 5.52 Å². The summed E-state index contributed by atoms with van der Waals surface area (Å²) in [6.45, 7) is 1.17. The molecule has 0 unspecified atom stereocenters. The highest BCUT2D eigenvalue weighted by molar-refractivity contribution is 5.92. The Morgan fingerprint density at radius 1 is 1.00 bits per heavy atom. The number of amides is 1. The highest BCUT2D eigenvalue weighted by Crippen LogP contribution is 2.22. The van der Waals surface area contributed by atoms with Gasteiger partial charge in [0.1, 0.15) is 35.5 Å². The van der Waals surface area contributed by atoms with E-state index in [1.54, 1.807) is 42.5 Å². The number of aromatic nitrogens is 2. The van der Waals surface area contributed by atoms with Gasteiger partial charge in [0, 0.05) is 12.1 Å². The van der Waals surface area contributed by atoms with Crippen LogP contribution in [0.2, 0.25) is 0 Å². The molecule has 0 bridgehead atoms. The fraction of sp³-hybridized carbons (Fsp3) is 0.200. The van der Waals surface area contributed by atoms with Gasteiger partial charge in [-0.15, -0.1) is 0 Å². The van der Waals surface area contributed by atoms with Crippen LogP contribution in [0.1, 0.15) is 15.9 Å². The van der Waals surface area contributed by atoms with Gasteiger partial charge in [-0.05, 0) is 67.1 Å². The van der Waals surface area contributed by atoms with Crippen LogP contribution in [0.25, 0.3) is 11.0 Å². The summed E-state index contributed by atoms with van der Waals surface area (Å²) in [4.78, 5) is 28.0. The largest absolute Gasteiger partial charge is 0.489 e. The Hall–Kier alpha value is -4.08. The third-order valence-electron chi connectivity index (χ3n) is 5.21. The summed E-state index contributed by atoms with van der Waals surface area (Å²) in [5, 5.41) is 13.4. The zero-order valence-corrected chi connectivity index (χ0v) is 18.4. The van der Waals surface area contributed by atoms with Gasteiger partial charge in [-0.1, -0.05) is 18.2 Å². The number of primary amides is 1. The zero-order valence-electron chi connectivity index (χ0n) is 18.4. The van der Waals surface area contributed by atoms with Crippen molar-refractivity contribution < 1.29 is 19.4 Å². The van der Waals surface area contributed by atoms with Gasteiger partial charge in [-0.25, -0.2) is 4.79 Å². The molecule has 0 aliphatic rings. The van der Waals surface area contributed by atoms with Crippen molar-refractivity contribution in [1.82, 2.24) is 15.3 Å². The number of nitrogens with two attached hydrogens (primary N) is 1. The van der Waals surface area contributed by atoms with Gasteiger partial charge >= 0.3 is 5.69 Å². The van der Waals surface area contributed by atoms with Gasteiger partial charge in [-0.2, -0.15) is 0 Å². The van der Waals surface area contributed by atoms with Crippen molar-refractivity contribution in [3.05, 3.63) is 88.3 Å². The van der Waals surface area contributed by atoms with Gasteiger partial charge in [0.15, 0.2) is 0 Å². The molecule has 176 valence electrons. The molecule has 1 atom stereocenters. The number of carbonyl (C=O) groups is 1. The maximum atomic E-state index is 11.5. The average molecular weight is 463 g/mol. The number of para-hydroxylation sites is 1. The molecule has 4 rings (SSSR count). The number of hydrogen-bond donors (Lipinski definition) is 5. The first-order valence-electron chi connectivity index (χ1n) is 10.9. The van der Waals surface area contributed by atoms with Gasteiger partial charge in [0.25, 0.3) is 0 Å². The molecule has 0 spiro atoms. The molecule has 0 aliphatic carbocycles. The quantitative estimate of drug-likeness (QED) is 0.217. The molecule has 9 heteroatoms. The van der Waals surface area contributed by atoms with E-state index >= 15 is 0 Å². The van der Waals surface area contributed by atoms with Gasteiger partial charge < -0.3 is 35.6 Å². The molecule has 0 fully saturated rings. The smallest absolute Gasteiger partial charge is 0.323 e. The Morgan fingerprint density at radius 3 is 2.41 bits per heavy atom. The van der Waals surface area contributed by atoms with E-state index in [-0.39, 0.29) is 12.3 Å². The number of fused-ring (bicyclic) bond motifs is 1. The number of aliphatic hydroxyl groups excluding tert-OH is 1. The van der Waals surface area contributed by atoms with Crippen LogP contribution < -0.4 is 26.2 Å². The molecule has 0 aliphatic heterocycles. The van der Waals surface area contributed by atoms with Crippen molar-refractivity contribution in [2.75, 3.05) is 19.7 Å². The predicted molar refractivity (Wildman–Crippen MR) is 128 cm³/mol. The number of benzene rings is 3. The summed E-state index contributed by atoms with van der Waals surface area (Å²) in [6, 6.07) is 19.7. The molecule has 0 radical (unpaired) electrons. The van der Waals surface area contributed by atoms with E-state index < -0.39 is 12.0 Å². The lowest BCUT2D eigenvalue weighted by Crippen LogP contribution is -2.32. The van der Waals surface area contributed by atoms with E-state index in [4.69, 9.17) is 15.2 Å². The molecule has 6 N–H and O–H groups in total. The van der Waals surface area contributed by atoms with E-state index in [1.165, 1.54) is 0 Å². The number of hydrogen-bond acceptors (Lipinski definition) is 6. The molecule has 1 heterocycles. The van der Waals surface area contributed by atoms with Crippen molar-refractivity contribution in [3.8, 4) is 17.2 Å². The topological polar surface area (TPSA) is 142 Å². The summed E-state index contributed by atoms with van der Waals surface area (Å²) in [6.07, 6.45) is 0.0862. The second-order valence-corrected chi connectivity index (χ2v) is 7.81. The third-order valence-corrected chi connectivity index (χ3v) is 5.21. The van der Waals surface area contributed by atoms with Gasteiger partial charge in [-0.3, -0.25) is 4.79 Å². The van der Waals surface area contributed by atoms with Crippen LogP contribution in [0, 0.1) is 0 Å². The Kier molecular flexibility index (Phi) is 7.26. The predicted octanol–water partition coefficient (Wildman–Crippen LogP) is 2.32. The number of imidazole rings is 1. The van der Waals surface area contributed by atoms with Crippen molar-refractivity contribution in [2.24, 2.45) is 5.73 Å². The second kappa shape index (κ2) is 10.7. The summed E-state index contributed by atoms with van der Waals surface area (Å²) < 4.78 is 11.5. The van der Waals surface area contributed by atoms with Crippen LogP contribution in [0.5, 0.6) is 17.2 Å². The second-order valence-electron chi connectivity index (χ2n) is 7.81. The Labute approximate surface area is 195 Å². The summed E-state index contributed by atoms with van der Waals surface area (Å²) in [5.74, 6) is 1.35. The Balaban J connectivity index is 1.18. The molecule has 0 saturated heterocycles. The van der Waals surface area contributed by atoms with E-state index in [1.807, 2.05) is 24.3 Å². The fourth-order valence-electron chi connectivity index (χ4n) is 3.45. The molecule has 0 saturated carbocycles. The van der Waals surface area contributed by atoms with E-state index in [2.05, 4.69) is 15.3 Å². The van der Waals surface area contributed by atoms with Gasteiger partial charge in [0.2, 0.25) is 5.91 Å². The van der Waals surface area contributed by atoms with E-state index in [9.17, 15) is 14.7 Å². The van der Waals surface area contributed by atoms with Crippen molar-refractivity contribution in [1.29, 1.82) is 0 Å². The summed E-state index contributed by atoms with van der Waals surface area (Å²) in [5.41, 5.74) is 7.74. The Bertz CT molecular complexity index is 1300. The first-order valence-corrected chi connectivity index (χ1v) is 10.9. The third kappa shape index (κ3) is 6.03. The Morgan fingerprint density at radius 2 is 1.71 bits per heavy atom. The molecule has 34 heavy (non-hydrogen) atoms. The number of rotatable bonds is 11. The molecular formula is C25H26N4O5. The lowest BCUT2D eigenvalue weighted by atomic mass is 10.1. The van der Waals surface area contributed by atoms with Crippen LogP contribution in [0.3, 0.4) is 0 Å². The molecule has 4 aromatic rings. The van der Waals surface area contributed by atoms with E-state index in [0.29, 0.717) is 46.9 Å². The number of aliphatic hydroxyl groups is 1. The highest BCUT2D eigenvalue weighted by Gasteiger charge is 2.09. The molecule has 1 amide bonds. The summed E-state index contributed by atoms with van der Waals surface area (Å²) in [7, 11) is 0. The molecule has 3 aromatic carbocycles. The van der Waals surface area contributed by atoms with Crippen LogP contribution >= 0.6 is 0 Å². The number of carbonyl (C=O) groups excluding carboxylic acids is 1. The first kappa shape index (κ1) is 23.1. The number of nitrogens with one attached hydrogen (secondary N) is 3. The average Bonchev–Trinajstić information content (AvgIpc) is 3.22. The van der Waals surface area contributed by atoms with Crippen LogP contribution in [0.15, 0.2) is 71.5 Å². The minimum absolute atomic E-state index is 0.103. The maximum absolute atomic E-state index is 11.5. The number of aromatic amines is 2. The van der Waals surface area contributed by atoms with E-state index in [0.717, 1.165) is 12.0 Å². The van der Waals surface area contributed by atoms with Crippen LogP contribution in [-0.4, -0.2) is 46.8 Å². The number of H-pyrrole nitrogens is 2. The molecular weight excluding hydrogens is 436 g/mol. The number of ether oxygens (including phenoxy) is 2. The minimum Gasteiger partial charge on any atom is -0.489 e. The molecule has 9 nitrogen and oxygen atoms in total. The maximum Gasteiger partial charge on any atom is 0.323 e. The first-order chi connectivity index (χ1) is 16.5. The zero-order chi connectivity index (χ0) is 23.9. The van der Waals surface area contributed by atoms with Crippen LogP contribution in [0.4, 0.5) is 0 Å². The summed E-state index contributed by atoms with van der Waals surface area (Å²) >= 11 is 0. The SMILES string of the molecule is NC(=O)c1ccc(Oc2ccc(CCNC[C@H](O)COc3cccc4[nH]c(=O)[nH]c34)cc2)cc1. The standard InChI is InChI=1S/C25H26N4O5/c26-24(31)17-6-10-20(11-7-17)34-19-8-4-16(5-9-19)12-13-27-14-18(30)15-33-22-3-1-2-21-23(22)29-25(32)28-21/h1-11,18,27,30H,12-15H2,(H2,26,31)(H2,28,29,32)/t18-/m0/s1. The fourth-order valence-corrected chi connectivity index (χ4v) is 3.45. The van der Waals surface area contributed by atoms with Crippen molar-refractivity contribution in [3.63, 3.8) is 0 Å². The van der Waals surface area contributed by atoms with Crippen molar-refractivity contribution >= 4 is 16.9 Å².